The van der Waals surface area contributed by atoms with Gasteiger partial charge in [0.05, 0.1) is 25.3 Å². The Labute approximate surface area is 190 Å². The van der Waals surface area contributed by atoms with Gasteiger partial charge in [-0.1, -0.05) is 18.2 Å². The third-order valence-electron chi connectivity index (χ3n) is 6.78. The van der Waals surface area contributed by atoms with Crippen molar-refractivity contribution < 1.29 is 23.8 Å². The molecule has 3 aliphatic rings. The summed E-state index contributed by atoms with van der Waals surface area (Å²) >= 11 is 0. The zero-order valence-corrected chi connectivity index (χ0v) is 18.7. The zero-order valence-electron chi connectivity index (χ0n) is 18.7. The molecular formula is C24H25N3O6. The maximum atomic E-state index is 14.0. The molecule has 0 aliphatic carbocycles. The molecule has 9 nitrogen and oxygen atoms in total. The van der Waals surface area contributed by atoms with E-state index in [2.05, 4.69) is 0 Å². The van der Waals surface area contributed by atoms with E-state index in [9.17, 15) is 14.4 Å². The van der Waals surface area contributed by atoms with Crippen molar-refractivity contribution in [2.45, 2.75) is 37.8 Å². The van der Waals surface area contributed by atoms with Gasteiger partial charge in [-0.15, -0.1) is 0 Å². The molecule has 2 N–H and O–H groups in total. The van der Waals surface area contributed by atoms with Crippen LogP contribution in [0.25, 0.3) is 0 Å². The van der Waals surface area contributed by atoms with Crippen molar-refractivity contribution in [3.63, 3.8) is 0 Å². The fourth-order valence-corrected chi connectivity index (χ4v) is 5.26. The summed E-state index contributed by atoms with van der Waals surface area (Å²) in [5, 5.41) is 0. The zero-order chi connectivity index (χ0) is 23.5. The van der Waals surface area contributed by atoms with E-state index in [1.165, 1.54) is 12.0 Å². The highest BCUT2D eigenvalue weighted by Gasteiger charge is 2.62. The maximum Gasteiger partial charge on any atom is 0.340 e. The number of nitrogens with two attached hydrogens (primary N) is 1. The van der Waals surface area contributed by atoms with Crippen molar-refractivity contribution >= 4 is 17.6 Å². The highest BCUT2D eigenvalue weighted by Crippen LogP contribution is 2.54. The topological polar surface area (TPSA) is 113 Å². The summed E-state index contributed by atoms with van der Waals surface area (Å²) in [5.41, 5.74) is 5.59. The highest BCUT2D eigenvalue weighted by atomic mass is 16.5. The Hall–Kier alpha value is -3.59. The lowest BCUT2D eigenvalue weighted by molar-refractivity contribution is -0.138. The number of aryl methyl sites for hydroxylation is 1. The first-order valence-electron chi connectivity index (χ1n) is 10.8. The number of methoxy groups -OCH3 is 1. The Morgan fingerprint density at radius 1 is 1.30 bits per heavy atom. The Balaban J connectivity index is 1.86. The van der Waals surface area contributed by atoms with Crippen LogP contribution in [0.5, 0.6) is 5.75 Å². The van der Waals surface area contributed by atoms with Crippen LogP contribution in [-0.2, 0) is 31.0 Å². The molecule has 2 atom stereocenters. The number of ether oxygens (including phenoxy) is 3. The SMILES string of the molecule is COC(=O)C1=C(N)Oc2cc(C)n(C[C@H]3CCCO3)c(=O)c2[C@]12C(=O)N(C)c1ccccc12. The van der Waals surface area contributed by atoms with Crippen LogP contribution in [0.15, 0.2) is 46.6 Å². The summed E-state index contributed by atoms with van der Waals surface area (Å²) in [6.07, 6.45) is 1.67. The van der Waals surface area contributed by atoms with Gasteiger partial charge in [0, 0.05) is 36.7 Å². The summed E-state index contributed by atoms with van der Waals surface area (Å²) in [6.45, 7) is 2.78. The number of hydrogen-bond acceptors (Lipinski definition) is 7. The number of aromatic nitrogens is 1. The second kappa shape index (κ2) is 7.48. The van der Waals surface area contributed by atoms with E-state index in [4.69, 9.17) is 19.9 Å². The fourth-order valence-electron chi connectivity index (χ4n) is 5.26. The molecule has 3 aliphatic heterocycles. The Morgan fingerprint density at radius 3 is 2.76 bits per heavy atom. The molecule has 0 unspecified atom stereocenters. The van der Waals surface area contributed by atoms with E-state index >= 15 is 0 Å². The quantitative estimate of drug-likeness (QED) is 0.701. The first kappa shape index (κ1) is 21.3. The largest absolute Gasteiger partial charge is 0.465 e. The average Bonchev–Trinajstić information content (AvgIpc) is 3.39. The van der Waals surface area contributed by atoms with Gasteiger partial charge in [0.25, 0.3) is 5.56 Å². The highest BCUT2D eigenvalue weighted by molar-refractivity contribution is 6.18. The molecule has 1 aromatic carbocycles. The first-order chi connectivity index (χ1) is 15.8. The molecule has 4 heterocycles. The summed E-state index contributed by atoms with van der Waals surface area (Å²) in [6, 6.07) is 8.72. The molecule has 1 spiro atoms. The number of benzene rings is 1. The Kier molecular flexibility index (Phi) is 4.82. The summed E-state index contributed by atoms with van der Waals surface area (Å²) < 4.78 is 18.1. The minimum atomic E-state index is -1.78. The van der Waals surface area contributed by atoms with Crippen LogP contribution in [0.1, 0.15) is 29.7 Å². The van der Waals surface area contributed by atoms with Crippen molar-refractivity contribution in [2.75, 3.05) is 25.7 Å². The maximum absolute atomic E-state index is 14.0. The monoisotopic (exact) mass is 451 g/mol. The number of likely N-dealkylation sites (N-methyl/N-ethyl adjacent to an activating group) is 1. The molecule has 5 rings (SSSR count). The summed E-state index contributed by atoms with van der Waals surface area (Å²) in [7, 11) is 2.81. The Morgan fingerprint density at radius 2 is 2.06 bits per heavy atom. The van der Waals surface area contributed by atoms with Crippen LogP contribution in [0.4, 0.5) is 5.69 Å². The van der Waals surface area contributed by atoms with E-state index in [-0.39, 0.29) is 28.9 Å². The van der Waals surface area contributed by atoms with Crippen molar-refractivity contribution in [2.24, 2.45) is 5.73 Å². The minimum absolute atomic E-state index is 0.0579. The van der Waals surface area contributed by atoms with Crippen LogP contribution in [-0.4, -0.2) is 43.3 Å². The van der Waals surface area contributed by atoms with Gasteiger partial charge < -0.3 is 29.4 Å². The van der Waals surface area contributed by atoms with Gasteiger partial charge in [-0.3, -0.25) is 9.59 Å². The number of para-hydroxylation sites is 1. The predicted octanol–water partition coefficient (Wildman–Crippen LogP) is 1.33. The molecule has 1 saturated heterocycles. The second-order valence-electron chi connectivity index (χ2n) is 8.54. The van der Waals surface area contributed by atoms with E-state index in [1.807, 2.05) is 0 Å². The lowest BCUT2D eigenvalue weighted by atomic mass is 9.68. The number of fused-ring (bicyclic) bond motifs is 4. The summed E-state index contributed by atoms with van der Waals surface area (Å²) in [5.74, 6) is -1.41. The van der Waals surface area contributed by atoms with Crippen molar-refractivity contribution in [1.29, 1.82) is 0 Å². The lowest BCUT2D eigenvalue weighted by Crippen LogP contribution is -2.51. The molecule has 33 heavy (non-hydrogen) atoms. The van der Waals surface area contributed by atoms with E-state index in [0.717, 1.165) is 12.8 Å². The molecule has 172 valence electrons. The third-order valence-corrected chi connectivity index (χ3v) is 6.78. The van der Waals surface area contributed by atoms with E-state index in [1.54, 1.807) is 48.9 Å². The van der Waals surface area contributed by atoms with Gasteiger partial charge in [-0.25, -0.2) is 4.79 Å². The van der Waals surface area contributed by atoms with Crippen molar-refractivity contribution in [3.05, 3.63) is 69.0 Å². The third kappa shape index (κ3) is 2.78. The number of anilines is 1. The lowest BCUT2D eigenvalue weighted by Gasteiger charge is -2.35. The number of esters is 1. The average molecular weight is 451 g/mol. The number of pyridine rings is 1. The van der Waals surface area contributed by atoms with Crippen LogP contribution in [0, 0.1) is 6.92 Å². The van der Waals surface area contributed by atoms with E-state index < -0.39 is 22.9 Å². The molecule has 0 radical (unpaired) electrons. The van der Waals surface area contributed by atoms with Gasteiger partial charge in [0.2, 0.25) is 11.8 Å². The predicted molar refractivity (Wildman–Crippen MR) is 119 cm³/mol. The molecule has 0 saturated carbocycles. The van der Waals surface area contributed by atoms with Gasteiger partial charge in [-0.05, 0) is 25.8 Å². The second-order valence-corrected chi connectivity index (χ2v) is 8.54. The number of carbonyl (C=O) groups is 2. The molecule has 9 heteroatoms. The number of hydrogen-bond donors (Lipinski definition) is 1. The molecule has 0 bridgehead atoms. The van der Waals surface area contributed by atoms with Gasteiger partial charge in [0.15, 0.2) is 0 Å². The van der Waals surface area contributed by atoms with Gasteiger partial charge in [-0.2, -0.15) is 0 Å². The molecule has 2 aromatic rings. The number of carbonyl (C=O) groups excluding carboxylic acids is 2. The minimum Gasteiger partial charge on any atom is -0.465 e. The standard InChI is InChI=1S/C24H25N3O6/c1-13-11-17-18(21(28)27(13)12-14-7-6-10-32-14)24(19(20(25)33-17)22(29)31-3)15-8-4-5-9-16(15)26(2)23(24)30/h4-5,8-9,11,14H,6-7,10,12,25H2,1-3H3/t14-,24+/m1/s1. The molecule has 1 fully saturated rings. The van der Waals surface area contributed by atoms with Crippen LogP contribution in [0.2, 0.25) is 0 Å². The van der Waals surface area contributed by atoms with E-state index in [0.29, 0.717) is 30.1 Å². The van der Waals surface area contributed by atoms with Crippen molar-refractivity contribution in [3.8, 4) is 5.75 Å². The fraction of sp³-hybridized carbons (Fsp3) is 0.375. The normalized spacial score (nSPS) is 23.5. The first-order valence-corrected chi connectivity index (χ1v) is 10.8. The van der Waals surface area contributed by atoms with Crippen LogP contribution < -0.4 is 20.9 Å². The molecule has 1 aromatic heterocycles. The number of amides is 1. The van der Waals surface area contributed by atoms with Gasteiger partial charge in [0.1, 0.15) is 16.7 Å². The van der Waals surface area contributed by atoms with Crippen molar-refractivity contribution in [1.82, 2.24) is 4.57 Å². The smallest absolute Gasteiger partial charge is 0.340 e. The number of nitrogens with zero attached hydrogens (tertiary/aromatic N) is 2. The number of rotatable bonds is 3. The molecule has 1 amide bonds. The molecular weight excluding hydrogens is 426 g/mol. The van der Waals surface area contributed by atoms with Gasteiger partial charge >= 0.3 is 5.97 Å². The Bertz CT molecular complexity index is 1270. The van der Waals surface area contributed by atoms with Crippen LogP contribution in [0.3, 0.4) is 0 Å². The summed E-state index contributed by atoms with van der Waals surface area (Å²) in [4.78, 5) is 42.5. The van der Waals surface area contributed by atoms with Crippen LogP contribution >= 0.6 is 0 Å².